The number of ether oxygens (including phenoxy) is 1. The second-order valence-corrected chi connectivity index (χ2v) is 3.60. The molecular formula is C12H16O. The molecule has 0 aromatic carbocycles. The van der Waals surface area contributed by atoms with Crippen LogP contribution in [-0.4, -0.2) is 6.61 Å². The molecule has 1 heteroatoms. The molecule has 0 amide bonds. The van der Waals surface area contributed by atoms with Crippen molar-refractivity contribution in [3.8, 4) is 0 Å². The molecule has 1 aliphatic carbocycles. The summed E-state index contributed by atoms with van der Waals surface area (Å²) in [4.78, 5) is 0. The number of hydrogen-bond acceptors (Lipinski definition) is 1. The molecule has 0 fully saturated rings. The maximum absolute atomic E-state index is 5.64. The molecule has 0 N–H and O–H groups in total. The third-order valence-corrected chi connectivity index (χ3v) is 2.78. The van der Waals surface area contributed by atoms with Gasteiger partial charge in [0.25, 0.3) is 0 Å². The van der Waals surface area contributed by atoms with E-state index in [1.165, 1.54) is 18.4 Å². The first-order chi connectivity index (χ1) is 6.42. The molecule has 1 aliphatic heterocycles. The van der Waals surface area contributed by atoms with Crippen molar-refractivity contribution in [3.05, 3.63) is 35.6 Å². The van der Waals surface area contributed by atoms with Crippen LogP contribution < -0.4 is 0 Å². The van der Waals surface area contributed by atoms with Gasteiger partial charge in [0.15, 0.2) is 0 Å². The lowest BCUT2D eigenvalue weighted by Gasteiger charge is -2.24. The van der Waals surface area contributed by atoms with Crippen LogP contribution >= 0.6 is 0 Å². The Labute approximate surface area is 79.8 Å². The average molecular weight is 176 g/mol. The molecule has 0 saturated carbocycles. The minimum absolute atomic E-state index is 0.711. The van der Waals surface area contributed by atoms with Gasteiger partial charge in [-0.2, -0.15) is 0 Å². The molecule has 0 saturated heterocycles. The van der Waals surface area contributed by atoms with E-state index in [2.05, 4.69) is 31.2 Å². The lowest BCUT2D eigenvalue weighted by molar-refractivity contribution is 0.178. The quantitative estimate of drug-likeness (QED) is 0.596. The van der Waals surface area contributed by atoms with E-state index < -0.39 is 0 Å². The van der Waals surface area contributed by atoms with E-state index in [9.17, 15) is 0 Å². The van der Waals surface area contributed by atoms with Gasteiger partial charge in [0.1, 0.15) is 5.76 Å². The second-order valence-electron chi connectivity index (χ2n) is 3.60. The average Bonchev–Trinajstić information content (AvgIpc) is 2.41. The molecule has 0 aromatic heterocycles. The van der Waals surface area contributed by atoms with Crippen LogP contribution in [0.15, 0.2) is 35.6 Å². The standard InChI is InChI=1S/C12H16O/c1-2-10-8-9-13-12-7-5-3-4-6-11(10)12/h4-7,10H,2-3,8-9H2,1H3. The highest BCUT2D eigenvalue weighted by molar-refractivity contribution is 5.35. The van der Waals surface area contributed by atoms with Crippen molar-refractivity contribution in [2.75, 3.05) is 6.61 Å². The van der Waals surface area contributed by atoms with Gasteiger partial charge in [0.2, 0.25) is 0 Å². The summed E-state index contributed by atoms with van der Waals surface area (Å²) in [6.45, 7) is 3.14. The normalized spacial score (nSPS) is 26.7. The van der Waals surface area contributed by atoms with Gasteiger partial charge in [-0.05, 0) is 36.8 Å². The van der Waals surface area contributed by atoms with Crippen LogP contribution in [0.1, 0.15) is 26.2 Å². The van der Waals surface area contributed by atoms with E-state index in [-0.39, 0.29) is 0 Å². The van der Waals surface area contributed by atoms with Crippen LogP contribution in [0, 0.1) is 5.92 Å². The molecule has 1 nitrogen and oxygen atoms in total. The molecule has 0 aromatic rings. The van der Waals surface area contributed by atoms with Crippen molar-refractivity contribution >= 4 is 0 Å². The fraction of sp³-hybridized carbons (Fsp3) is 0.500. The van der Waals surface area contributed by atoms with Gasteiger partial charge in [-0.3, -0.25) is 0 Å². The van der Waals surface area contributed by atoms with E-state index in [0.29, 0.717) is 5.92 Å². The lowest BCUT2D eigenvalue weighted by atomic mass is 9.90. The van der Waals surface area contributed by atoms with E-state index in [1.807, 2.05) is 0 Å². The van der Waals surface area contributed by atoms with E-state index in [1.54, 1.807) is 0 Å². The van der Waals surface area contributed by atoms with Gasteiger partial charge in [-0.25, -0.2) is 0 Å². The Morgan fingerprint density at radius 2 is 2.23 bits per heavy atom. The fourth-order valence-corrected chi connectivity index (χ4v) is 1.99. The first-order valence-electron chi connectivity index (χ1n) is 5.12. The summed E-state index contributed by atoms with van der Waals surface area (Å²) in [5.74, 6) is 1.81. The van der Waals surface area contributed by atoms with Crippen molar-refractivity contribution in [3.63, 3.8) is 0 Å². The highest BCUT2D eigenvalue weighted by Crippen LogP contribution is 2.30. The summed E-state index contributed by atoms with van der Waals surface area (Å²) < 4.78 is 5.64. The predicted octanol–water partition coefficient (Wildman–Crippen LogP) is 3.20. The van der Waals surface area contributed by atoms with Crippen molar-refractivity contribution < 1.29 is 4.74 Å². The van der Waals surface area contributed by atoms with Gasteiger partial charge < -0.3 is 4.74 Å². The fourth-order valence-electron chi connectivity index (χ4n) is 1.99. The Kier molecular flexibility index (Phi) is 2.53. The Balaban J connectivity index is 2.32. The van der Waals surface area contributed by atoms with Crippen LogP contribution in [0.3, 0.4) is 0 Å². The molecule has 1 unspecified atom stereocenters. The number of allylic oxidation sites excluding steroid dienone is 5. The summed E-state index contributed by atoms with van der Waals surface area (Å²) in [5, 5.41) is 0. The zero-order valence-electron chi connectivity index (χ0n) is 8.12. The first-order valence-corrected chi connectivity index (χ1v) is 5.12. The molecule has 0 bridgehead atoms. The van der Waals surface area contributed by atoms with Gasteiger partial charge in [0, 0.05) is 0 Å². The zero-order chi connectivity index (χ0) is 9.10. The number of rotatable bonds is 1. The molecule has 70 valence electrons. The van der Waals surface area contributed by atoms with Crippen molar-refractivity contribution in [2.45, 2.75) is 26.2 Å². The highest BCUT2D eigenvalue weighted by atomic mass is 16.5. The Morgan fingerprint density at radius 3 is 3.08 bits per heavy atom. The van der Waals surface area contributed by atoms with Crippen molar-refractivity contribution in [2.24, 2.45) is 5.92 Å². The van der Waals surface area contributed by atoms with E-state index >= 15 is 0 Å². The van der Waals surface area contributed by atoms with Crippen molar-refractivity contribution in [1.29, 1.82) is 0 Å². The maximum Gasteiger partial charge on any atom is 0.122 e. The summed E-state index contributed by atoms with van der Waals surface area (Å²) in [6, 6.07) is 0. The molecule has 2 aliphatic rings. The number of hydrogen-bond donors (Lipinski definition) is 0. The molecule has 13 heavy (non-hydrogen) atoms. The molecule has 0 radical (unpaired) electrons. The molecule has 1 heterocycles. The van der Waals surface area contributed by atoms with Crippen LogP contribution in [-0.2, 0) is 4.74 Å². The van der Waals surface area contributed by atoms with Crippen molar-refractivity contribution in [1.82, 2.24) is 0 Å². The smallest absolute Gasteiger partial charge is 0.122 e. The minimum atomic E-state index is 0.711. The first kappa shape index (κ1) is 8.61. The maximum atomic E-state index is 5.64. The largest absolute Gasteiger partial charge is 0.493 e. The van der Waals surface area contributed by atoms with Crippen LogP contribution in [0.5, 0.6) is 0 Å². The van der Waals surface area contributed by atoms with Gasteiger partial charge in [0.05, 0.1) is 6.61 Å². The van der Waals surface area contributed by atoms with Crippen LogP contribution in [0.2, 0.25) is 0 Å². The zero-order valence-corrected chi connectivity index (χ0v) is 8.12. The molecule has 1 atom stereocenters. The monoisotopic (exact) mass is 176 g/mol. The van der Waals surface area contributed by atoms with Gasteiger partial charge in [-0.15, -0.1) is 0 Å². The molecule has 0 spiro atoms. The van der Waals surface area contributed by atoms with Crippen LogP contribution in [0.25, 0.3) is 0 Å². The SMILES string of the molecule is CCC1CCOC2=C1C=CCC=C2. The third kappa shape index (κ3) is 1.69. The predicted molar refractivity (Wildman–Crippen MR) is 54.3 cm³/mol. The van der Waals surface area contributed by atoms with Gasteiger partial charge in [-0.1, -0.05) is 25.2 Å². The molecular weight excluding hydrogens is 160 g/mol. The Morgan fingerprint density at radius 1 is 1.38 bits per heavy atom. The highest BCUT2D eigenvalue weighted by Gasteiger charge is 2.20. The Hall–Kier alpha value is -0.980. The second kappa shape index (κ2) is 3.82. The van der Waals surface area contributed by atoms with E-state index in [4.69, 9.17) is 4.74 Å². The van der Waals surface area contributed by atoms with E-state index in [0.717, 1.165) is 18.8 Å². The topological polar surface area (TPSA) is 9.23 Å². The summed E-state index contributed by atoms with van der Waals surface area (Å²) >= 11 is 0. The minimum Gasteiger partial charge on any atom is -0.493 e. The summed E-state index contributed by atoms with van der Waals surface area (Å²) in [6.07, 6.45) is 12.2. The third-order valence-electron chi connectivity index (χ3n) is 2.78. The van der Waals surface area contributed by atoms with Gasteiger partial charge >= 0.3 is 0 Å². The summed E-state index contributed by atoms with van der Waals surface area (Å²) in [7, 11) is 0. The lowest BCUT2D eigenvalue weighted by Crippen LogP contribution is -2.14. The summed E-state index contributed by atoms with van der Waals surface area (Å²) in [5.41, 5.74) is 1.41. The Bertz CT molecular complexity index is 271. The molecule has 2 rings (SSSR count). The van der Waals surface area contributed by atoms with Crippen LogP contribution in [0.4, 0.5) is 0 Å².